The van der Waals surface area contributed by atoms with E-state index in [0.29, 0.717) is 24.4 Å². The molecule has 1 aromatic carbocycles. The van der Waals surface area contributed by atoms with Crippen LogP contribution in [-0.4, -0.2) is 62.3 Å². The molecule has 10 nitrogen and oxygen atoms in total. The summed E-state index contributed by atoms with van der Waals surface area (Å²) < 4.78 is 24.3. The van der Waals surface area contributed by atoms with E-state index >= 15 is 0 Å². The minimum absolute atomic E-state index is 0.166. The number of nitrogens with two attached hydrogens (primary N) is 1. The summed E-state index contributed by atoms with van der Waals surface area (Å²) in [6, 6.07) is 8.72. The first kappa shape index (κ1) is 26.2. The Morgan fingerprint density at radius 3 is 2.71 bits per heavy atom. The maximum Gasteiger partial charge on any atom is 0.274 e. The lowest BCUT2D eigenvalue weighted by Gasteiger charge is -2.32. The minimum atomic E-state index is -3.75. The van der Waals surface area contributed by atoms with Crippen LogP contribution in [0.25, 0.3) is 10.4 Å². The van der Waals surface area contributed by atoms with Gasteiger partial charge < -0.3 is 10.6 Å². The van der Waals surface area contributed by atoms with Gasteiger partial charge in [-0.3, -0.25) is 14.5 Å². The van der Waals surface area contributed by atoms with E-state index in [-0.39, 0.29) is 24.4 Å². The van der Waals surface area contributed by atoms with Gasteiger partial charge in [0, 0.05) is 12.7 Å². The van der Waals surface area contributed by atoms with Gasteiger partial charge in [0.05, 0.1) is 10.9 Å². The van der Waals surface area contributed by atoms with Crippen molar-refractivity contribution < 1.29 is 18.0 Å². The number of hydrogen-bond acceptors (Lipinski definition) is 7. The molecule has 1 aromatic heterocycles. The second kappa shape index (κ2) is 12.4. The van der Waals surface area contributed by atoms with E-state index in [9.17, 15) is 18.0 Å². The van der Waals surface area contributed by atoms with Gasteiger partial charge in [0.1, 0.15) is 6.04 Å². The van der Waals surface area contributed by atoms with Gasteiger partial charge in [0.25, 0.3) is 10.2 Å². The molecule has 1 saturated heterocycles. The monoisotopic (exact) mass is 508 g/mol. The number of likely N-dealkylation sites (N-methyl/N-ethyl adjacent to an activating group) is 1. The maximum atomic E-state index is 13.1. The number of likely N-dealkylation sites (tertiary alicyclic amines) is 1. The summed E-state index contributed by atoms with van der Waals surface area (Å²) in [7, 11) is -1.84. The van der Waals surface area contributed by atoms with Crippen molar-refractivity contribution in [3.05, 3.63) is 36.5 Å². The van der Waals surface area contributed by atoms with Crippen molar-refractivity contribution in [3.8, 4) is 10.4 Å². The Balaban J connectivity index is 1.63. The number of unbranched alkanes of at least 4 members (excludes halogenated alkanes) is 1. The highest BCUT2D eigenvalue weighted by Gasteiger charge is 2.29. The molecule has 0 bridgehead atoms. The van der Waals surface area contributed by atoms with Gasteiger partial charge in [0.15, 0.2) is 5.13 Å². The van der Waals surface area contributed by atoms with Crippen LogP contribution in [0.2, 0.25) is 0 Å². The summed E-state index contributed by atoms with van der Waals surface area (Å²) in [6.45, 7) is 1.01. The molecule has 0 spiro atoms. The largest absolute Gasteiger partial charge is 0.343 e. The molecule has 34 heavy (non-hydrogen) atoms. The summed E-state index contributed by atoms with van der Waals surface area (Å²) in [5.41, 5.74) is 1.01. The van der Waals surface area contributed by atoms with Gasteiger partial charge in [-0.15, -0.1) is 0 Å². The minimum Gasteiger partial charge on any atom is -0.343 e. The molecule has 2 atom stereocenters. The molecule has 2 heterocycles. The maximum absolute atomic E-state index is 13.1. The third kappa shape index (κ3) is 8.13. The van der Waals surface area contributed by atoms with E-state index in [4.69, 9.17) is 5.14 Å². The van der Waals surface area contributed by atoms with Crippen molar-refractivity contribution in [1.82, 2.24) is 19.9 Å². The second-order valence-electron chi connectivity index (χ2n) is 8.37. The van der Waals surface area contributed by atoms with E-state index in [1.54, 1.807) is 6.20 Å². The molecule has 1 aliphatic heterocycles. The van der Waals surface area contributed by atoms with Gasteiger partial charge in [-0.25, -0.2) is 14.8 Å². The average molecular weight is 509 g/mol. The average Bonchev–Trinajstić information content (AvgIpc) is 3.26. The number of amides is 2. The first-order valence-electron chi connectivity index (χ1n) is 11.3. The normalized spacial score (nSPS) is 17.8. The lowest BCUT2D eigenvalue weighted by molar-refractivity contribution is -0.131. The molecule has 12 heteroatoms. The van der Waals surface area contributed by atoms with Gasteiger partial charge in [-0.1, -0.05) is 48.1 Å². The third-order valence-electron chi connectivity index (χ3n) is 5.72. The van der Waals surface area contributed by atoms with E-state index in [0.717, 1.165) is 36.2 Å². The molecule has 0 radical (unpaired) electrons. The fourth-order valence-corrected chi connectivity index (χ4v) is 5.14. The molecule has 5 N–H and O–H groups in total. The standard InChI is InChI=1S/C22H32N6O4S2/c1-28-14-8-6-12-18(28)21(30)26-17(11-5-7-13-25-34(23,31)32)20(29)27-22-24-15-19(33-22)16-9-3-2-4-10-16/h2-4,9-10,15,17-18,25H,5-8,11-14H2,1H3,(H,26,30)(H2,23,31,32)(H,24,27,29)/t17-,18?/m1/s1. The number of benzene rings is 1. The van der Waals surface area contributed by atoms with Crippen molar-refractivity contribution in [3.63, 3.8) is 0 Å². The molecule has 1 unspecified atom stereocenters. The van der Waals surface area contributed by atoms with Crippen molar-refractivity contribution in [2.75, 3.05) is 25.5 Å². The molecule has 186 valence electrons. The smallest absolute Gasteiger partial charge is 0.274 e. The molecule has 0 aliphatic carbocycles. The molecule has 3 rings (SSSR count). The number of carbonyl (C=O) groups is 2. The summed E-state index contributed by atoms with van der Waals surface area (Å²) >= 11 is 1.36. The van der Waals surface area contributed by atoms with Crippen LogP contribution in [-0.2, 0) is 19.8 Å². The SMILES string of the molecule is CN1CCCCC1C(=O)N[C@H](CCCCNS(N)(=O)=O)C(=O)Nc1ncc(-c2ccccc2)s1. The number of aromatic nitrogens is 1. The molecule has 2 aromatic rings. The number of rotatable bonds is 11. The predicted octanol–water partition coefficient (Wildman–Crippen LogP) is 1.68. The number of nitrogens with one attached hydrogen (secondary N) is 3. The summed E-state index contributed by atoms with van der Waals surface area (Å²) in [5, 5.41) is 11.1. The number of nitrogens with zero attached hydrogens (tertiary/aromatic N) is 2. The van der Waals surface area contributed by atoms with E-state index in [1.807, 2.05) is 42.3 Å². The Morgan fingerprint density at radius 1 is 1.24 bits per heavy atom. The zero-order valence-electron chi connectivity index (χ0n) is 19.2. The Labute approximate surface area is 204 Å². The molecule has 1 aliphatic rings. The first-order valence-corrected chi connectivity index (χ1v) is 13.7. The molecular weight excluding hydrogens is 476 g/mol. The third-order valence-corrected chi connectivity index (χ3v) is 7.29. The number of piperidine rings is 1. The highest BCUT2D eigenvalue weighted by Crippen LogP contribution is 2.28. The Morgan fingerprint density at radius 2 is 2.00 bits per heavy atom. The van der Waals surface area contributed by atoms with Crippen LogP contribution in [0.5, 0.6) is 0 Å². The van der Waals surface area contributed by atoms with E-state index in [2.05, 4.69) is 20.3 Å². The van der Waals surface area contributed by atoms with Gasteiger partial charge in [0.2, 0.25) is 11.8 Å². The van der Waals surface area contributed by atoms with Crippen molar-refractivity contribution in [1.29, 1.82) is 0 Å². The molecule has 1 fully saturated rings. The number of carbonyl (C=O) groups excluding carboxylic acids is 2. The zero-order chi connectivity index (χ0) is 24.6. The highest BCUT2D eigenvalue weighted by atomic mass is 32.2. The number of hydrogen-bond donors (Lipinski definition) is 4. The fourth-order valence-electron chi connectivity index (χ4n) is 3.89. The topological polar surface area (TPSA) is 147 Å². The number of thiazole rings is 1. The zero-order valence-corrected chi connectivity index (χ0v) is 20.8. The van der Waals surface area contributed by atoms with Crippen molar-refractivity contribution in [2.45, 2.75) is 50.6 Å². The van der Waals surface area contributed by atoms with Crippen LogP contribution < -0.4 is 20.5 Å². The van der Waals surface area contributed by atoms with Crippen LogP contribution in [0.4, 0.5) is 5.13 Å². The second-order valence-corrected chi connectivity index (χ2v) is 10.8. The summed E-state index contributed by atoms with van der Waals surface area (Å²) in [4.78, 5) is 33.3. The van der Waals surface area contributed by atoms with Crippen molar-refractivity contribution >= 4 is 38.5 Å². The van der Waals surface area contributed by atoms with E-state index < -0.39 is 16.3 Å². The predicted molar refractivity (Wildman–Crippen MR) is 133 cm³/mol. The number of anilines is 1. The lowest BCUT2D eigenvalue weighted by atomic mass is 10.0. The molecule has 2 amide bonds. The van der Waals surface area contributed by atoms with Crippen LogP contribution in [0, 0.1) is 0 Å². The van der Waals surface area contributed by atoms with Gasteiger partial charge >= 0.3 is 0 Å². The van der Waals surface area contributed by atoms with Crippen LogP contribution in [0.3, 0.4) is 0 Å². The Kier molecular flexibility index (Phi) is 9.54. The Bertz CT molecular complexity index is 1060. The Hall–Kier alpha value is -2.38. The molecule has 0 saturated carbocycles. The highest BCUT2D eigenvalue weighted by molar-refractivity contribution is 7.87. The first-order chi connectivity index (χ1) is 16.2. The summed E-state index contributed by atoms with van der Waals surface area (Å²) in [6.07, 6.45) is 5.84. The van der Waals surface area contributed by atoms with Crippen molar-refractivity contribution in [2.24, 2.45) is 5.14 Å². The van der Waals surface area contributed by atoms with E-state index in [1.165, 1.54) is 11.3 Å². The lowest BCUT2D eigenvalue weighted by Crippen LogP contribution is -2.53. The molecular formula is C22H32N6O4S2. The fraction of sp³-hybridized carbons (Fsp3) is 0.500. The summed E-state index contributed by atoms with van der Waals surface area (Å²) in [5.74, 6) is -0.519. The van der Waals surface area contributed by atoms with Gasteiger partial charge in [-0.2, -0.15) is 8.42 Å². The van der Waals surface area contributed by atoms with Crippen LogP contribution in [0.15, 0.2) is 36.5 Å². The quantitative estimate of drug-likeness (QED) is 0.340. The van der Waals surface area contributed by atoms with Crippen LogP contribution >= 0.6 is 11.3 Å². The van der Waals surface area contributed by atoms with Gasteiger partial charge in [-0.05, 0) is 51.3 Å². The van der Waals surface area contributed by atoms with Crippen LogP contribution in [0.1, 0.15) is 38.5 Å².